The summed E-state index contributed by atoms with van der Waals surface area (Å²) in [5.41, 5.74) is 2.56. The van der Waals surface area contributed by atoms with E-state index in [-0.39, 0.29) is 29.4 Å². The van der Waals surface area contributed by atoms with Crippen molar-refractivity contribution < 1.29 is 14.3 Å². The number of rotatable bonds is 6. The van der Waals surface area contributed by atoms with Crippen molar-refractivity contribution in [2.75, 3.05) is 25.0 Å². The Labute approximate surface area is 194 Å². The van der Waals surface area contributed by atoms with E-state index in [4.69, 9.17) is 9.47 Å². The third-order valence-electron chi connectivity index (χ3n) is 6.62. The number of nitriles is 1. The summed E-state index contributed by atoms with van der Waals surface area (Å²) in [5.74, 6) is 1.88. The van der Waals surface area contributed by atoms with Crippen LogP contribution in [0.15, 0.2) is 24.3 Å². The molecule has 0 spiro atoms. The maximum absolute atomic E-state index is 12.1. The lowest BCUT2D eigenvalue weighted by Gasteiger charge is -2.36. The SMILES string of the molecule is CC1(C)CNC[C@H](COc2ccc(C#N)cc2C2CCn3nc(NC(=O)C4CC4)cc3C2)O1. The van der Waals surface area contributed by atoms with E-state index in [0.717, 1.165) is 62.3 Å². The molecule has 33 heavy (non-hydrogen) atoms. The molecule has 5 rings (SSSR count). The Balaban J connectivity index is 1.30. The predicted octanol–water partition coefficient (Wildman–Crippen LogP) is 2.98. The maximum Gasteiger partial charge on any atom is 0.228 e. The van der Waals surface area contributed by atoms with Gasteiger partial charge in [0.25, 0.3) is 0 Å². The van der Waals surface area contributed by atoms with E-state index in [9.17, 15) is 10.1 Å². The normalized spacial score (nSPS) is 23.9. The second-order valence-electron chi connectivity index (χ2n) is 10.0. The molecule has 2 atom stereocenters. The number of carbonyl (C=O) groups is 1. The summed E-state index contributed by atoms with van der Waals surface area (Å²) in [6.45, 7) is 6.95. The van der Waals surface area contributed by atoms with Gasteiger partial charge in [-0.1, -0.05) is 0 Å². The minimum absolute atomic E-state index is 0.0253. The van der Waals surface area contributed by atoms with Gasteiger partial charge in [-0.2, -0.15) is 10.4 Å². The minimum Gasteiger partial charge on any atom is -0.491 e. The number of nitrogens with one attached hydrogen (secondary N) is 2. The first-order valence-electron chi connectivity index (χ1n) is 11.8. The average molecular weight is 450 g/mol. The summed E-state index contributed by atoms with van der Waals surface area (Å²) in [5, 5.41) is 20.4. The van der Waals surface area contributed by atoms with Crippen LogP contribution in [0, 0.1) is 17.2 Å². The maximum atomic E-state index is 12.1. The van der Waals surface area contributed by atoms with Gasteiger partial charge in [-0.15, -0.1) is 0 Å². The molecule has 2 fully saturated rings. The summed E-state index contributed by atoms with van der Waals surface area (Å²) < 4.78 is 14.4. The molecule has 1 aromatic heterocycles. The highest BCUT2D eigenvalue weighted by atomic mass is 16.5. The topological polar surface area (TPSA) is 101 Å². The zero-order chi connectivity index (χ0) is 23.0. The number of aromatic nitrogens is 2. The second-order valence-corrected chi connectivity index (χ2v) is 10.0. The van der Waals surface area contributed by atoms with E-state index in [1.54, 1.807) is 6.07 Å². The fourth-order valence-corrected chi connectivity index (χ4v) is 4.76. The number of nitrogens with zero attached hydrogens (tertiary/aromatic N) is 3. The minimum atomic E-state index is -0.214. The van der Waals surface area contributed by atoms with Crippen LogP contribution >= 0.6 is 0 Å². The first-order chi connectivity index (χ1) is 15.9. The monoisotopic (exact) mass is 449 g/mol. The fraction of sp³-hybridized carbons (Fsp3) is 0.560. The predicted molar refractivity (Wildman–Crippen MR) is 123 cm³/mol. The van der Waals surface area contributed by atoms with E-state index < -0.39 is 0 Å². The average Bonchev–Trinajstić information content (AvgIpc) is 3.57. The van der Waals surface area contributed by atoms with Crippen LogP contribution in [0.25, 0.3) is 0 Å². The molecular weight excluding hydrogens is 418 g/mol. The number of aryl methyl sites for hydroxylation is 1. The molecule has 8 heteroatoms. The Morgan fingerprint density at radius 3 is 2.97 bits per heavy atom. The van der Waals surface area contributed by atoms with Crippen LogP contribution in [-0.2, 0) is 22.5 Å². The number of morpholine rings is 1. The molecule has 2 aromatic rings. The summed E-state index contributed by atoms with van der Waals surface area (Å²) in [7, 11) is 0. The highest BCUT2D eigenvalue weighted by molar-refractivity contribution is 5.93. The first-order valence-corrected chi connectivity index (χ1v) is 11.8. The van der Waals surface area contributed by atoms with Gasteiger partial charge in [0.05, 0.1) is 17.2 Å². The van der Waals surface area contributed by atoms with Crippen LogP contribution in [0.1, 0.15) is 55.8 Å². The Morgan fingerprint density at radius 2 is 2.21 bits per heavy atom. The van der Waals surface area contributed by atoms with Crippen molar-refractivity contribution in [1.29, 1.82) is 5.26 Å². The van der Waals surface area contributed by atoms with Gasteiger partial charge in [0, 0.05) is 37.3 Å². The Hall–Kier alpha value is -2.89. The lowest BCUT2D eigenvalue weighted by atomic mass is 9.87. The molecule has 2 N–H and O–H groups in total. The fourth-order valence-electron chi connectivity index (χ4n) is 4.76. The molecule has 1 saturated carbocycles. The van der Waals surface area contributed by atoms with Gasteiger partial charge < -0.3 is 20.1 Å². The number of fused-ring (bicyclic) bond motifs is 1. The van der Waals surface area contributed by atoms with E-state index in [0.29, 0.717) is 18.0 Å². The van der Waals surface area contributed by atoms with Crippen LogP contribution in [0.4, 0.5) is 5.82 Å². The van der Waals surface area contributed by atoms with Gasteiger partial charge in [-0.05, 0) is 69.2 Å². The van der Waals surface area contributed by atoms with Crippen LogP contribution in [0.5, 0.6) is 5.75 Å². The van der Waals surface area contributed by atoms with Gasteiger partial charge in [-0.3, -0.25) is 9.48 Å². The lowest BCUT2D eigenvalue weighted by Crippen LogP contribution is -2.52. The van der Waals surface area contributed by atoms with Crippen LogP contribution in [0.2, 0.25) is 0 Å². The number of ether oxygens (including phenoxy) is 2. The molecule has 1 amide bonds. The standard InChI is InChI=1S/C25H31N5O3/c1-25(2)15-27-13-20(33-25)14-32-22-6-3-16(12-26)9-21(22)18-7-8-30-19(10-18)11-23(29-30)28-24(31)17-4-5-17/h3,6,9,11,17-18,20,27H,4-5,7-8,10,13-15H2,1-2H3,(H,28,29,31)/t18?,20-/m1/s1. The van der Waals surface area contributed by atoms with E-state index in [1.807, 2.05) is 22.9 Å². The Bertz CT molecular complexity index is 1080. The molecule has 1 unspecified atom stereocenters. The van der Waals surface area contributed by atoms with Crippen molar-refractivity contribution in [3.63, 3.8) is 0 Å². The van der Waals surface area contributed by atoms with E-state index >= 15 is 0 Å². The van der Waals surface area contributed by atoms with Crippen LogP contribution in [0.3, 0.4) is 0 Å². The highest BCUT2D eigenvalue weighted by Gasteiger charge is 2.32. The number of anilines is 1. The smallest absolute Gasteiger partial charge is 0.228 e. The number of hydrogen-bond donors (Lipinski definition) is 2. The third-order valence-corrected chi connectivity index (χ3v) is 6.62. The molecule has 1 aromatic carbocycles. The second kappa shape index (κ2) is 8.81. The lowest BCUT2D eigenvalue weighted by molar-refractivity contribution is -0.117. The molecule has 0 bridgehead atoms. The van der Waals surface area contributed by atoms with Gasteiger partial charge in [-0.25, -0.2) is 0 Å². The summed E-state index contributed by atoms with van der Waals surface area (Å²) in [6.07, 6.45) is 3.59. The highest BCUT2D eigenvalue weighted by Crippen LogP contribution is 2.37. The molecule has 2 aliphatic heterocycles. The molecular formula is C25H31N5O3. The van der Waals surface area contributed by atoms with Crippen LogP contribution in [-0.4, -0.2) is 47.1 Å². The third kappa shape index (κ3) is 5.05. The number of benzene rings is 1. The Morgan fingerprint density at radius 1 is 1.36 bits per heavy atom. The van der Waals surface area contributed by atoms with Gasteiger partial charge in [0.2, 0.25) is 5.91 Å². The quantitative estimate of drug-likeness (QED) is 0.703. The first kappa shape index (κ1) is 21.9. The van der Waals surface area contributed by atoms with Gasteiger partial charge in [0.1, 0.15) is 18.5 Å². The van der Waals surface area contributed by atoms with Crippen molar-refractivity contribution in [3.05, 3.63) is 41.1 Å². The number of amides is 1. The summed E-state index contributed by atoms with van der Waals surface area (Å²) in [6, 6.07) is 9.90. The van der Waals surface area contributed by atoms with Gasteiger partial charge in [0.15, 0.2) is 5.82 Å². The van der Waals surface area contributed by atoms with E-state index in [2.05, 4.69) is 35.6 Å². The van der Waals surface area contributed by atoms with Crippen molar-refractivity contribution in [1.82, 2.24) is 15.1 Å². The van der Waals surface area contributed by atoms with Gasteiger partial charge >= 0.3 is 0 Å². The largest absolute Gasteiger partial charge is 0.491 e. The number of carbonyl (C=O) groups excluding carboxylic acids is 1. The van der Waals surface area contributed by atoms with Crippen molar-refractivity contribution in [2.45, 2.75) is 63.7 Å². The zero-order valence-electron chi connectivity index (χ0n) is 19.3. The zero-order valence-corrected chi connectivity index (χ0v) is 19.3. The molecule has 3 aliphatic rings. The molecule has 1 aliphatic carbocycles. The Kier molecular flexibility index (Phi) is 5.85. The molecule has 8 nitrogen and oxygen atoms in total. The summed E-state index contributed by atoms with van der Waals surface area (Å²) in [4.78, 5) is 12.1. The van der Waals surface area contributed by atoms with Crippen LogP contribution < -0.4 is 15.4 Å². The molecule has 3 heterocycles. The van der Waals surface area contributed by atoms with Crippen molar-refractivity contribution in [2.24, 2.45) is 5.92 Å². The molecule has 0 radical (unpaired) electrons. The van der Waals surface area contributed by atoms with E-state index in [1.165, 1.54) is 0 Å². The molecule has 1 saturated heterocycles. The molecule has 174 valence electrons. The summed E-state index contributed by atoms with van der Waals surface area (Å²) >= 11 is 0. The van der Waals surface area contributed by atoms with Crippen molar-refractivity contribution >= 4 is 11.7 Å². The number of hydrogen-bond acceptors (Lipinski definition) is 6. The van der Waals surface area contributed by atoms with Crippen molar-refractivity contribution in [3.8, 4) is 11.8 Å².